The van der Waals surface area contributed by atoms with Gasteiger partial charge in [0.25, 0.3) is 15.5 Å². The lowest BCUT2D eigenvalue weighted by Crippen LogP contribution is -2.20. The van der Waals surface area contributed by atoms with Crippen LogP contribution in [0.4, 0.5) is 0 Å². The smallest absolute Gasteiger partial charge is 0.346 e. The fourth-order valence-electron chi connectivity index (χ4n) is 0.373. The number of halogens is 1. The summed E-state index contributed by atoms with van der Waals surface area (Å²) in [4.78, 5) is 4.35. The first kappa shape index (κ1) is 11.5. The molecule has 2 N–H and O–H groups in total. The van der Waals surface area contributed by atoms with E-state index in [1.165, 1.54) is 0 Å². The van der Waals surface area contributed by atoms with E-state index in [9.17, 15) is 4.57 Å². The first-order valence-corrected chi connectivity index (χ1v) is 6.52. The van der Waals surface area contributed by atoms with Gasteiger partial charge in [0.05, 0.1) is 6.61 Å². The number of nitrogens with two attached hydrogens (primary N) is 1. The van der Waals surface area contributed by atoms with Gasteiger partial charge < -0.3 is 4.74 Å². The van der Waals surface area contributed by atoms with E-state index in [2.05, 4.69) is 20.3 Å². The van der Waals surface area contributed by atoms with Crippen LogP contribution in [0.3, 0.4) is 0 Å². The first-order valence-electron chi connectivity index (χ1n) is 3.17. The van der Waals surface area contributed by atoms with Gasteiger partial charge >= 0.3 is 6.50 Å². The highest BCUT2D eigenvalue weighted by Gasteiger charge is 2.23. The van der Waals surface area contributed by atoms with E-state index in [-0.39, 0.29) is 5.66 Å². The van der Waals surface area contributed by atoms with Crippen molar-refractivity contribution in [3.05, 3.63) is 0 Å². The Labute approximate surface area is 74.9 Å². The summed E-state index contributed by atoms with van der Waals surface area (Å²) < 4.78 is 15.8. The van der Waals surface area contributed by atoms with Gasteiger partial charge in [-0.2, -0.15) is 0 Å². The Morgan fingerprint density at radius 3 is 2.55 bits per heavy atom. The van der Waals surface area contributed by atoms with E-state index >= 15 is 0 Å². The van der Waals surface area contributed by atoms with Gasteiger partial charge in [-0.1, -0.05) is 4.57 Å². The molecule has 66 valence electrons. The SMILES string of the molecule is CC(ON)OCC(C)[P+](=O)Br. The molecule has 3 atom stereocenters. The van der Waals surface area contributed by atoms with Crippen LogP contribution < -0.4 is 5.90 Å². The summed E-state index contributed by atoms with van der Waals surface area (Å²) in [6, 6.07) is 0. The van der Waals surface area contributed by atoms with Crippen LogP contribution in [0.2, 0.25) is 0 Å². The topological polar surface area (TPSA) is 61.6 Å². The summed E-state index contributed by atoms with van der Waals surface area (Å²) in [6.07, 6.45) is -0.445. The van der Waals surface area contributed by atoms with Crippen LogP contribution in [-0.2, 0) is 14.1 Å². The van der Waals surface area contributed by atoms with Crippen molar-refractivity contribution in [2.45, 2.75) is 25.8 Å². The van der Waals surface area contributed by atoms with Gasteiger partial charge in [-0.3, -0.25) is 4.84 Å². The van der Waals surface area contributed by atoms with Gasteiger partial charge in [0.15, 0.2) is 11.9 Å². The molecule has 6 heteroatoms. The van der Waals surface area contributed by atoms with Crippen molar-refractivity contribution in [1.82, 2.24) is 0 Å². The Morgan fingerprint density at radius 2 is 2.18 bits per heavy atom. The predicted molar refractivity (Wildman–Crippen MR) is 46.7 cm³/mol. The third-order valence-electron chi connectivity index (χ3n) is 1.11. The maximum absolute atomic E-state index is 10.8. The van der Waals surface area contributed by atoms with Gasteiger partial charge in [-0.15, -0.1) is 0 Å². The third kappa shape index (κ3) is 5.70. The molecule has 0 rings (SSSR count). The molecular formula is C5H12BrNO3P+. The molecule has 3 unspecified atom stereocenters. The van der Waals surface area contributed by atoms with Crippen molar-refractivity contribution in [2.75, 3.05) is 6.61 Å². The fraction of sp³-hybridized carbons (Fsp3) is 1.00. The highest BCUT2D eigenvalue weighted by Crippen LogP contribution is 2.35. The van der Waals surface area contributed by atoms with E-state index in [0.29, 0.717) is 6.61 Å². The number of hydrogen-bond acceptors (Lipinski definition) is 4. The summed E-state index contributed by atoms with van der Waals surface area (Å²) in [5, 5.41) is 0. The van der Waals surface area contributed by atoms with Crippen molar-refractivity contribution in [3.63, 3.8) is 0 Å². The summed E-state index contributed by atoms with van der Waals surface area (Å²) >= 11 is 2.97. The van der Waals surface area contributed by atoms with E-state index in [1.54, 1.807) is 6.92 Å². The molecule has 0 amide bonds. The predicted octanol–water partition coefficient (Wildman–Crippen LogP) is 1.77. The Kier molecular flexibility index (Phi) is 6.28. The molecule has 4 nitrogen and oxygen atoms in total. The van der Waals surface area contributed by atoms with Gasteiger partial charge in [-0.25, -0.2) is 5.90 Å². The summed E-state index contributed by atoms with van der Waals surface area (Å²) in [6.45, 7) is 2.51. The summed E-state index contributed by atoms with van der Waals surface area (Å²) in [5.74, 6) is 4.82. The van der Waals surface area contributed by atoms with Crippen LogP contribution in [0.25, 0.3) is 0 Å². The molecule has 0 bridgehead atoms. The van der Waals surface area contributed by atoms with E-state index in [4.69, 9.17) is 10.6 Å². The van der Waals surface area contributed by atoms with Gasteiger partial charge in [0.1, 0.15) is 0 Å². The number of ether oxygens (including phenoxy) is 1. The Bertz CT molecular complexity index is 135. The van der Waals surface area contributed by atoms with Gasteiger partial charge in [0.2, 0.25) is 0 Å². The molecule has 0 aliphatic heterocycles. The van der Waals surface area contributed by atoms with Crippen molar-refractivity contribution >= 4 is 22.0 Å². The van der Waals surface area contributed by atoms with Crippen molar-refractivity contribution in [2.24, 2.45) is 5.90 Å². The van der Waals surface area contributed by atoms with Crippen molar-refractivity contribution in [1.29, 1.82) is 0 Å². The molecule has 0 heterocycles. The molecule has 0 aliphatic rings. The second kappa shape index (κ2) is 6.03. The van der Waals surface area contributed by atoms with Crippen LogP contribution in [0, 0.1) is 0 Å². The zero-order valence-electron chi connectivity index (χ0n) is 6.49. The molecule has 0 radical (unpaired) electrons. The molecule has 0 aromatic carbocycles. The van der Waals surface area contributed by atoms with Crippen LogP contribution in [-0.4, -0.2) is 18.6 Å². The molecule has 0 saturated heterocycles. The average Bonchev–Trinajstić information content (AvgIpc) is 1.99. The molecule has 0 spiro atoms. The van der Waals surface area contributed by atoms with Crippen LogP contribution >= 0.6 is 22.0 Å². The zero-order chi connectivity index (χ0) is 8.85. The highest BCUT2D eigenvalue weighted by atomic mass is 79.9. The second-order valence-corrected chi connectivity index (χ2v) is 5.68. The maximum atomic E-state index is 10.8. The van der Waals surface area contributed by atoms with Gasteiger partial charge in [-0.05, 0) is 13.8 Å². The highest BCUT2D eigenvalue weighted by molar-refractivity contribution is 9.37. The third-order valence-corrected chi connectivity index (χ3v) is 4.05. The normalized spacial score (nSPS) is 17.6. The molecule has 0 aliphatic carbocycles. The van der Waals surface area contributed by atoms with E-state index in [1.807, 2.05) is 6.92 Å². The molecule has 0 aromatic rings. The fourth-order valence-corrected chi connectivity index (χ4v) is 0.931. The van der Waals surface area contributed by atoms with Crippen molar-refractivity contribution < 1.29 is 14.1 Å². The Balaban J connectivity index is 3.45. The number of rotatable bonds is 5. The zero-order valence-corrected chi connectivity index (χ0v) is 8.97. The minimum Gasteiger partial charge on any atom is -0.346 e. The first-order chi connectivity index (χ1) is 5.07. The van der Waals surface area contributed by atoms with E-state index in [0.717, 1.165) is 0 Å². The molecule has 0 fully saturated rings. The average molecular weight is 245 g/mol. The lowest BCUT2D eigenvalue weighted by atomic mass is 10.5. The van der Waals surface area contributed by atoms with E-state index < -0.39 is 12.8 Å². The standard InChI is InChI=1S/C5H12BrNO3P/c1-4(11(6)8)3-9-5(2)10-7/h4-5H,3,7H2,1-2H3/q+1. The monoisotopic (exact) mass is 244 g/mol. The lowest BCUT2D eigenvalue weighted by molar-refractivity contribution is -0.132. The summed E-state index contributed by atoms with van der Waals surface area (Å²) in [5.41, 5.74) is -0.0254. The van der Waals surface area contributed by atoms with Crippen LogP contribution in [0.15, 0.2) is 0 Å². The maximum Gasteiger partial charge on any atom is 0.422 e. The Hall–Kier alpha value is 0.460. The van der Waals surface area contributed by atoms with Crippen LogP contribution in [0.5, 0.6) is 0 Å². The molecule has 11 heavy (non-hydrogen) atoms. The minimum atomic E-state index is -1.36. The van der Waals surface area contributed by atoms with Gasteiger partial charge in [0, 0.05) is 0 Å². The van der Waals surface area contributed by atoms with Crippen molar-refractivity contribution in [3.8, 4) is 0 Å². The molecule has 0 saturated carbocycles. The lowest BCUT2D eigenvalue weighted by Gasteiger charge is -2.08. The number of hydrogen-bond donors (Lipinski definition) is 1. The molecular weight excluding hydrogens is 233 g/mol. The van der Waals surface area contributed by atoms with Crippen LogP contribution in [0.1, 0.15) is 13.8 Å². The quantitative estimate of drug-likeness (QED) is 0.455. The minimum absolute atomic E-state index is 0.0254. The second-order valence-electron chi connectivity index (χ2n) is 2.16. The Morgan fingerprint density at radius 1 is 1.64 bits per heavy atom. The summed E-state index contributed by atoms with van der Waals surface area (Å²) in [7, 11) is 0. The molecule has 0 aromatic heterocycles. The largest absolute Gasteiger partial charge is 0.422 e.